The van der Waals surface area contributed by atoms with Gasteiger partial charge >= 0.3 is 0 Å². The zero-order valence-electron chi connectivity index (χ0n) is 11.0. The minimum atomic E-state index is 0.399. The van der Waals surface area contributed by atoms with Crippen LogP contribution >= 0.6 is 11.3 Å². The molecule has 0 radical (unpaired) electrons. The lowest BCUT2D eigenvalue weighted by Crippen LogP contribution is -2.21. The predicted molar refractivity (Wildman–Crippen MR) is 78.1 cm³/mol. The van der Waals surface area contributed by atoms with Crippen LogP contribution in [0.5, 0.6) is 0 Å². The first-order valence-electron chi connectivity index (χ1n) is 6.04. The van der Waals surface area contributed by atoms with E-state index in [1.54, 1.807) is 11.3 Å². The molecule has 0 unspecified atom stereocenters. The van der Waals surface area contributed by atoms with Gasteiger partial charge in [-0.2, -0.15) is 10.2 Å². The molecule has 7 heteroatoms. The molecule has 0 bridgehead atoms. The van der Waals surface area contributed by atoms with Gasteiger partial charge in [0.05, 0.1) is 17.9 Å². The van der Waals surface area contributed by atoms with Crippen molar-refractivity contribution in [2.24, 2.45) is 5.84 Å². The quantitative estimate of drug-likeness (QED) is 0.640. The summed E-state index contributed by atoms with van der Waals surface area (Å²) in [6, 6.07) is 4.25. The number of anilines is 2. The van der Waals surface area contributed by atoms with E-state index in [-0.39, 0.29) is 0 Å². The van der Waals surface area contributed by atoms with Crippen molar-refractivity contribution >= 4 is 33.3 Å². The topological polar surface area (TPSA) is 90.9 Å². The molecule has 0 spiro atoms. The predicted octanol–water partition coefficient (Wildman–Crippen LogP) is 1.89. The van der Waals surface area contributed by atoms with Crippen molar-refractivity contribution in [2.45, 2.75) is 19.8 Å². The fourth-order valence-electron chi connectivity index (χ4n) is 1.81. The number of thiophene rings is 1. The molecule has 3 N–H and O–H groups in total. The summed E-state index contributed by atoms with van der Waals surface area (Å²) in [5.74, 6) is 6.62. The lowest BCUT2D eigenvalue weighted by Gasteiger charge is -2.17. The van der Waals surface area contributed by atoms with Gasteiger partial charge in [0, 0.05) is 18.5 Å². The summed E-state index contributed by atoms with van der Waals surface area (Å²) in [7, 11) is 1.92. The molecular formula is C12H16N6S. The SMILES string of the molecule is CCc1cc2c(N(C)CCC#N)nc(NN)nc2s1. The number of rotatable bonds is 5. The van der Waals surface area contributed by atoms with E-state index >= 15 is 0 Å². The molecule has 0 amide bonds. The summed E-state index contributed by atoms with van der Waals surface area (Å²) in [4.78, 5) is 12.9. The fraction of sp³-hybridized carbons (Fsp3) is 0.417. The van der Waals surface area contributed by atoms with Crippen molar-refractivity contribution in [3.63, 3.8) is 0 Å². The fourth-order valence-corrected chi connectivity index (χ4v) is 2.77. The first-order valence-corrected chi connectivity index (χ1v) is 6.86. The molecule has 2 aromatic rings. The van der Waals surface area contributed by atoms with E-state index in [1.165, 1.54) is 4.88 Å². The average Bonchev–Trinajstić information content (AvgIpc) is 2.86. The molecular weight excluding hydrogens is 260 g/mol. The molecule has 19 heavy (non-hydrogen) atoms. The van der Waals surface area contributed by atoms with Gasteiger partial charge in [-0.3, -0.25) is 5.43 Å². The normalized spacial score (nSPS) is 10.4. The van der Waals surface area contributed by atoms with Crippen LogP contribution in [0.4, 0.5) is 11.8 Å². The van der Waals surface area contributed by atoms with Gasteiger partial charge in [0.25, 0.3) is 0 Å². The van der Waals surface area contributed by atoms with E-state index in [4.69, 9.17) is 11.1 Å². The molecule has 0 aromatic carbocycles. The van der Waals surface area contributed by atoms with Gasteiger partial charge < -0.3 is 4.90 Å². The zero-order valence-corrected chi connectivity index (χ0v) is 11.8. The van der Waals surface area contributed by atoms with E-state index in [0.29, 0.717) is 18.9 Å². The third-order valence-corrected chi connectivity index (χ3v) is 4.00. The Morgan fingerprint density at radius 3 is 2.95 bits per heavy atom. The molecule has 0 saturated heterocycles. The summed E-state index contributed by atoms with van der Waals surface area (Å²) in [5.41, 5.74) is 2.49. The number of hydrazine groups is 1. The standard InChI is InChI=1S/C12H16N6S/c1-3-8-7-9-10(18(2)6-4-5-13)15-12(17-14)16-11(9)19-8/h7H,3-4,6,14H2,1-2H3,(H,15,16,17). The van der Waals surface area contributed by atoms with Crippen molar-refractivity contribution in [1.29, 1.82) is 5.26 Å². The Morgan fingerprint density at radius 1 is 1.53 bits per heavy atom. The summed E-state index contributed by atoms with van der Waals surface area (Å²) in [6.07, 6.45) is 1.42. The molecule has 0 aliphatic carbocycles. The van der Waals surface area contributed by atoms with Gasteiger partial charge in [0.2, 0.25) is 5.95 Å². The maximum absolute atomic E-state index is 8.68. The Kier molecular flexibility index (Phi) is 4.14. The zero-order chi connectivity index (χ0) is 13.8. The van der Waals surface area contributed by atoms with Gasteiger partial charge in [-0.15, -0.1) is 11.3 Å². The Balaban J connectivity index is 2.50. The van der Waals surface area contributed by atoms with Crippen LogP contribution in [0.2, 0.25) is 0 Å². The van der Waals surface area contributed by atoms with Crippen LogP contribution in [0.1, 0.15) is 18.2 Å². The summed E-state index contributed by atoms with van der Waals surface area (Å²) in [6.45, 7) is 2.74. The highest BCUT2D eigenvalue weighted by Gasteiger charge is 2.14. The van der Waals surface area contributed by atoms with E-state index < -0.39 is 0 Å². The van der Waals surface area contributed by atoms with E-state index in [9.17, 15) is 0 Å². The van der Waals surface area contributed by atoms with Gasteiger partial charge in [0.15, 0.2) is 0 Å². The highest BCUT2D eigenvalue weighted by atomic mass is 32.1. The molecule has 0 saturated carbocycles. The molecule has 100 valence electrons. The number of nitrogen functional groups attached to an aromatic ring is 1. The van der Waals surface area contributed by atoms with Crippen LogP contribution in [-0.2, 0) is 6.42 Å². The Bertz CT molecular complexity index is 614. The van der Waals surface area contributed by atoms with Gasteiger partial charge in [0.1, 0.15) is 10.6 Å². The molecule has 2 rings (SSSR count). The van der Waals surface area contributed by atoms with E-state index in [0.717, 1.165) is 22.5 Å². The van der Waals surface area contributed by atoms with E-state index in [1.807, 2.05) is 11.9 Å². The Labute approximate surface area is 115 Å². The minimum absolute atomic E-state index is 0.399. The summed E-state index contributed by atoms with van der Waals surface area (Å²) >= 11 is 1.64. The van der Waals surface area contributed by atoms with Crippen molar-refractivity contribution in [2.75, 3.05) is 23.9 Å². The average molecular weight is 276 g/mol. The van der Waals surface area contributed by atoms with Crippen molar-refractivity contribution in [1.82, 2.24) is 9.97 Å². The molecule has 0 atom stereocenters. The van der Waals surface area contributed by atoms with Crippen molar-refractivity contribution in [3.8, 4) is 6.07 Å². The first-order chi connectivity index (χ1) is 9.19. The third kappa shape index (κ3) is 2.75. The molecule has 0 aliphatic rings. The number of nitrogens with one attached hydrogen (secondary N) is 1. The molecule has 2 aromatic heterocycles. The Morgan fingerprint density at radius 2 is 2.32 bits per heavy atom. The highest BCUT2D eigenvalue weighted by Crippen LogP contribution is 2.31. The number of hydrogen-bond donors (Lipinski definition) is 2. The second kappa shape index (κ2) is 5.82. The molecule has 0 aliphatic heterocycles. The first kappa shape index (κ1) is 13.5. The van der Waals surface area contributed by atoms with Crippen LogP contribution < -0.4 is 16.2 Å². The Hall–Kier alpha value is -1.91. The largest absolute Gasteiger partial charge is 0.358 e. The summed E-state index contributed by atoms with van der Waals surface area (Å²) in [5, 5.41) is 9.69. The lowest BCUT2D eigenvalue weighted by molar-refractivity contribution is 0.887. The summed E-state index contributed by atoms with van der Waals surface area (Å²) < 4.78 is 0. The van der Waals surface area contributed by atoms with E-state index in [2.05, 4.69) is 34.5 Å². The van der Waals surface area contributed by atoms with Crippen LogP contribution in [0, 0.1) is 11.3 Å². The highest BCUT2D eigenvalue weighted by molar-refractivity contribution is 7.18. The van der Waals surface area contributed by atoms with Gasteiger partial charge in [-0.25, -0.2) is 10.8 Å². The monoisotopic (exact) mass is 276 g/mol. The number of nitrogens with zero attached hydrogens (tertiary/aromatic N) is 4. The number of aryl methyl sites for hydroxylation is 1. The van der Waals surface area contributed by atoms with Gasteiger partial charge in [-0.05, 0) is 12.5 Å². The number of nitrogens with two attached hydrogens (primary N) is 1. The van der Waals surface area contributed by atoms with Crippen molar-refractivity contribution < 1.29 is 0 Å². The van der Waals surface area contributed by atoms with Crippen LogP contribution in [0.15, 0.2) is 6.07 Å². The number of hydrogen-bond acceptors (Lipinski definition) is 7. The van der Waals surface area contributed by atoms with Crippen LogP contribution in [0.3, 0.4) is 0 Å². The van der Waals surface area contributed by atoms with Crippen LogP contribution in [-0.4, -0.2) is 23.6 Å². The van der Waals surface area contributed by atoms with Crippen LogP contribution in [0.25, 0.3) is 10.2 Å². The second-order valence-corrected chi connectivity index (χ2v) is 5.25. The van der Waals surface area contributed by atoms with Crippen molar-refractivity contribution in [3.05, 3.63) is 10.9 Å². The third-order valence-electron chi connectivity index (χ3n) is 2.82. The molecule has 2 heterocycles. The second-order valence-electron chi connectivity index (χ2n) is 4.13. The number of aromatic nitrogens is 2. The number of fused-ring (bicyclic) bond motifs is 1. The number of nitriles is 1. The molecule has 6 nitrogen and oxygen atoms in total. The van der Waals surface area contributed by atoms with Gasteiger partial charge in [-0.1, -0.05) is 6.92 Å². The lowest BCUT2D eigenvalue weighted by atomic mass is 10.3. The molecule has 0 fully saturated rings. The maximum atomic E-state index is 8.68. The maximum Gasteiger partial charge on any atom is 0.240 e. The minimum Gasteiger partial charge on any atom is -0.358 e. The smallest absolute Gasteiger partial charge is 0.240 e.